The smallest absolute Gasteiger partial charge is 0.273 e. The van der Waals surface area contributed by atoms with Gasteiger partial charge in [0.25, 0.3) is 5.91 Å². The van der Waals surface area contributed by atoms with Crippen molar-refractivity contribution in [3.63, 3.8) is 0 Å². The van der Waals surface area contributed by atoms with Gasteiger partial charge in [0.15, 0.2) is 0 Å². The Morgan fingerprint density at radius 3 is 2.63 bits per heavy atom. The van der Waals surface area contributed by atoms with E-state index in [0.717, 1.165) is 23.3 Å². The molecule has 35 heavy (non-hydrogen) atoms. The lowest BCUT2D eigenvalue weighted by molar-refractivity contribution is 0.0601. The number of H-pyrrole nitrogens is 1. The highest BCUT2D eigenvalue weighted by atomic mass is 16.5. The number of nitrogens with zero attached hydrogens (tertiary/aromatic N) is 2. The average Bonchev–Trinajstić information content (AvgIpc) is 3.36. The van der Waals surface area contributed by atoms with Crippen LogP contribution in [0, 0.1) is 5.92 Å². The molecule has 0 radical (unpaired) electrons. The summed E-state index contributed by atoms with van der Waals surface area (Å²) in [4.78, 5) is 15.4. The van der Waals surface area contributed by atoms with Crippen molar-refractivity contribution in [2.45, 2.75) is 52.7 Å². The number of aromatic amines is 1. The highest BCUT2D eigenvalue weighted by molar-refractivity contribution is 6.00. The number of phenolic OH excluding ortho intramolecular Hbond substituents is 1. The molecule has 0 fully saturated rings. The SMILES string of the molecule is CC(C)CCOc1cccc(C2c3c(-c4ccccc4O)n[nH]c3C(=O)N2CCCOC(C)C)c1. The zero-order valence-electron chi connectivity index (χ0n) is 21.0. The summed E-state index contributed by atoms with van der Waals surface area (Å²) in [5.41, 5.74) is 3.37. The number of phenols is 1. The molecule has 7 heteroatoms. The van der Waals surface area contributed by atoms with E-state index in [4.69, 9.17) is 9.47 Å². The lowest BCUT2D eigenvalue weighted by Gasteiger charge is -2.27. The fraction of sp³-hybridized carbons (Fsp3) is 0.429. The zero-order chi connectivity index (χ0) is 24.9. The van der Waals surface area contributed by atoms with Gasteiger partial charge in [0.05, 0.1) is 18.8 Å². The number of carbonyl (C=O) groups is 1. The van der Waals surface area contributed by atoms with Crippen molar-refractivity contribution in [1.82, 2.24) is 15.1 Å². The number of aromatic nitrogens is 2. The second-order valence-electron chi connectivity index (χ2n) is 9.66. The minimum absolute atomic E-state index is 0.102. The molecular formula is C28H35N3O4. The second kappa shape index (κ2) is 11.0. The molecule has 7 nitrogen and oxygen atoms in total. The van der Waals surface area contributed by atoms with Gasteiger partial charge < -0.3 is 19.5 Å². The highest BCUT2D eigenvalue weighted by Crippen LogP contribution is 2.44. The molecule has 3 aromatic rings. The van der Waals surface area contributed by atoms with Crippen LogP contribution in [0.3, 0.4) is 0 Å². The zero-order valence-corrected chi connectivity index (χ0v) is 21.0. The van der Waals surface area contributed by atoms with Crippen molar-refractivity contribution >= 4 is 5.91 Å². The Balaban J connectivity index is 1.70. The van der Waals surface area contributed by atoms with E-state index in [2.05, 4.69) is 24.0 Å². The summed E-state index contributed by atoms with van der Waals surface area (Å²) >= 11 is 0. The van der Waals surface area contributed by atoms with Crippen LogP contribution >= 0.6 is 0 Å². The molecule has 1 aliphatic heterocycles. The molecule has 2 heterocycles. The summed E-state index contributed by atoms with van der Waals surface area (Å²) in [5, 5.41) is 17.9. The van der Waals surface area contributed by atoms with Crippen molar-refractivity contribution in [3.05, 3.63) is 65.4 Å². The maximum atomic E-state index is 13.5. The fourth-order valence-corrected chi connectivity index (χ4v) is 4.39. The second-order valence-corrected chi connectivity index (χ2v) is 9.66. The molecular weight excluding hydrogens is 442 g/mol. The number of benzene rings is 2. The third kappa shape index (κ3) is 5.51. The Kier molecular flexibility index (Phi) is 7.76. The number of para-hydroxylation sites is 1. The van der Waals surface area contributed by atoms with Crippen molar-refractivity contribution in [2.75, 3.05) is 19.8 Å². The molecule has 2 aromatic carbocycles. The van der Waals surface area contributed by atoms with Crippen LogP contribution in [0.5, 0.6) is 11.5 Å². The van der Waals surface area contributed by atoms with Gasteiger partial charge in [-0.3, -0.25) is 9.89 Å². The summed E-state index contributed by atoms with van der Waals surface area (Å²) in [6, 6.07) is 14.7. The monoisotopic (exact) mass is 477 g/mol. The predicted octanol–water partition coefficient (Wildman–Crippen LogP) is 5.57. The standard InChI is InChI=1S/C28H35N3O4/c1-18(2)13-16-35-21-10-7-9-20(17-21)27-24-25(22-11-5-6-12-23(22)32)29-30-26(24)28(33)31(27)14-8-15-34-19(3)4/h5-7,9-12,17-19,27,32H,8,13-16H2,1-4H3,(H,29,30). The maximum absolute atomic E-state index is 13.5. The molecule has 2 N–H and O–H groups in total. The first kappa shape index (κ1) is 24.8. The molecule has 0 saturated heterocycles. The van der Waals surface area contributed by atoms with Crippen LogP contribution in [0.2, 0.25) is 0 Å². The van der Waals surface area contributed by atoms with Gasteiger partial charge in [0.1, 0.15) is 22.9 Å². The lowest BCUT2D eigenvalue weighted by atomic mass is 9.95. The van der Waals surface area contributed by atoms with Crippen molar-refractivity contribution < 1.29 is 19.4 Å². The number of hydrogen-bond donors (Lipinski definition) is 2. The Morgan fingerprint density at radius 1 is 1.09 bits per heavy atom. The summed E-state index contributed by atoms with van der Waals surface area (Å²) < 4.78 is 11.7. The van der Waals surface area contributed by atoms with Gasteiger partial charge in [-0.05, 0) is 62.4 Å². The number of carbonyl (C=O) groups excluding carboxylic acids is 1. The first-order valence-electron chi connectivity index (χ1n) is 12.4. The summed E-state index contributed by atoms with van der Waals surface area (Å²) in [5.74, 6) is 1.36. The molecule has 0 spiro atoms. The molecule has 1 atom stereocenters. The van der Waals surface area contributed by atoms with Crippen LogP contribution < -0.4 is 4.74 Å². The molecule has 0 bridgehead atoms. The van der Waals surface area contributed by atoms with Gasteiger partial charge in [0, 0.05) is 24.3 Å². The van der Waals surface area contributed by atoms with E-state index in [-0.39, 0.29) is 23.8 Å². The number of nitrogens with one attached hydrogen (secondary N) is 1. The van der Waals surface area contributed by atoms with Crippen LogP contribution in [0.4, 0.5) is 0 Å². The largest absolute Gasteiger partial charge is 0.507 e. The Bertz CT molecular complexity index is 1150. The molecule has 4 rings (SSSR count). The topological polar surface area (TPSA) is 87.7 Å². The van der Waals surface area contributed by atoms with E-state index >= 15 is 0 Å². The number of fused-ring (bicyclic) bond motifs is 1. The third-order valence-corrected chi connectivity index (χ3v) is 6.16. The number of amides is 1. The predicted molar refractivity (Wildman–Crippen MR) is 136 cm³/mol. The van der Waals surface area contributed by atoms with Crippen LogP contribution in [-0.4, -0.2) is 52.0 Å². The average molecular weight is 478 g/mol. The number of ether oxygens (including phenoxy) is 2. The molecule has 1 aromatic heterocycles. The quantitative estimate of drug-likeness (QED) is 0.353. The van der Waals surface area contributed by atoms with E-state index in [1.807, 2.05) is 55.1 Å². The number of hydrogen-bond acceptors (Lipinski definition) is 5. The van der Waals surface area contributed by atoms with Crippen LogP contribution in [0.1, 0.15) is 68.2 Å². The van der Waals surface area contributed by atoms with E-state index in [1.165, 1.54) is 0 Å². The van der Waals surface area contributed by atoms with Crippen LogP contribution in [0.25, 0.3) is 11.3 Å². The van der Waals surface area contributed by atoms with Gasteiger partial charge >= 0.3 is 0 Å². The first-order valence-corrected chi connectivity index (χ1v) is 12.4. The highest BCUT2D eigenvalue weighted by Gasteiger charge is 2.42. The Hall–Kier alpha value is -3.32. The molecule has 1 amide bonds. The van der Waals surface area contributed by atoms with Gasteiger partial charge in [-0.15, -0.1) is 0 Å². The third-order valence-electron chi connectivity index (χ3n) is 6.16. The normalized spacial score (nSPS) is 15.3. The van der Waals surface area contributed by atoms with Gasteiger partial charge in [-0.1, -0.05) is 38.1 Å². The van der Waals surface area contributed by atoms with Crippen LogP contribution in [-0.2, 0) is 4.74 Å². The molecule has 1 aliphatic rings. The summed E-state index contributed by atoms with van der Waals surface area (Å²) in [7, 11) is 0. The van der Waals surface area contributed by atoms with E-state index in [0.29, 0.717) is 49.0 Å². The van der Waals surface area contributed by atoms with E-state index in [1.54, 1.807) is 12.1 Å². The molecule has 186 valence electrons. The fourth-order valence-electron chi connectivity index (χ4n) is 4.39. The number of rotatable bonds is 11. The van der Waals surface area contributed by atoms with Crippen molar-refractivity contribution in [1.29, 1.82) is 0 Å². The summed E-state index contributed by atoms with van der Waals surface area (Å²) in [6.45, 7) is 10.1. The maximum Gasteiger partial charge on any atom is 0.273 e. The summed E-state index contributed by atoms with van der Waals surface area (Å²) in [6.07, 6.45) is 1.83. The molecule has 0 aliphatic carbocycles. The minimum atomic E-state index is -0.349. The molecule has 0 saturated carbocycles. The van der Waals surface area contributed by atoms with Gasteiger partial charge in [0.2, 0.25) is 0 Å². The minimum Gasteiger partial charge on any atom is -0.507 e. The van der Waals surface area contributed by atoms with Crippen molar-refractivity contribution in [3.8, 4) is 22.8 Å². The Labute approximate surface area is 207 Å². The van der Waals surface area contributed by atoms with Gasteiger partial charge in [-0.25, -0.2) is 0 Å². The van der Waals surface area contributed by atoms with Crippen molar-refractivity contribution in [2.24, 2.45) is 5.92 Å². The first-order chi connectivity index (χ1) is 16.9. The van der Waals surface area contributed by atoms with E-state index < -0.39 is 0 Å². The molecule has 1 unspecified atom stereocenters. The van der Waals surface area contributed by atoms with Crippen LogP contribution in [0.15, 0.2) is 48.5 Å². The van der Waals surface area contributed by atoms with Gasteiger partial charge in [-0.2, -0.15) is 5.10 Å². The Morgan fingerprint density at radius 2 is 1.89 bits per heavy atom. The lowest BCUT2D eigenvalue weighted by Crippen LogP contribution is -2.31. The van der Waals surface area contributed by atoms with E-state index in [9.17, 15) is 9.90 Å². The number of aromatic hydroxyl groups is 1.